The Bertz CT molecular complexity index is 556. The first-order valence-electron chi connectivity index (χ1n) is 6.98. The summed E-state index contributed by atoms with van der Waals surface area (Å²) in [6, 6.07) is 4.42. The van der Waals surface area contributed by atoms with Crippen molar-refractivity contribution in [2.75, 3.05) is 25.1 Å². The Hall–Kier alpha value is -1.90. The van der Waals surface area contributed by atoms with Gasteiger partial charge in [-0.25, -0.2) is 4.39 Å². The standard InChI is InChI=1S/C16H18FNO3/c17-15-11-14(5-4-12(15)3-1-2-8-19)18-16(20)13-6-9-21-10-7-13/h4-5,11,13,19H,2,6-10H2,(H,18,20). The smallest absolute Gasteiger partial charge is 0.227 e. The van der Waals surface area contributed by atoms with Gasteiger partial charge in [0.25, 0.3) is 0 Å². The van der Waals surface area contributed by atoms with Crippen molar-refractivity contribution >= 4 is 11.6 Å². The van der Waals surface area contributed by atoms with E-state index in [-0.39, 0.29) is 24.0 Å². The van der Waals surface area contributed by atoms with E-state index >= 15 is 0 Å². The second kappa shape index (κ2) is 7.77. The molecule has 1 aliphatic heterocycles. The number of nitrogens with one attached hydrogen (secondary N) is 1. The van der Waals surface area contributed by atoms with E-state index in [1.807, 2.05) is 0 Å². The normalized spacial score (nSPS) is 15.1. The summed E-state index contributed by atoms with van der Waals surface area (Å²) in [5, 5.41) is 11.4. The van der Waals surface area contributed by atoms with Crippen LogP contribution in [0.25, 0.3) is 0 Å². The lowest BCUT2D eigenvalue weighted by Gasteiger charge is -2.21. The van der Waals surface area contributed by atoms with Crippen LogP contribution < -0.4 is 5.32 Å². The molecular formula is C16H18FNO3. The summed E-state index contributed by atoms with van der Waals surface area (Å²) < 4.78 is 19.0. The molecule has 5 heteroatoms. The minimum Gasteiger partial charge on any atom is -0.395 e. The van der Waals surface area contributed by atoms with Crippen LogP contribution in [0.4, 0.5) is 10.1 Å². The molecule has 0 radical (unpaired) electrons. The number of aliphatic hydroxyl groups excluding tert-OH is 1. The summed E-state index contributed by atoms with van der Waals surface area (Å²) in [6.45, 7) is 1.13. The van der Waals surface area contributed by atoms with Gasteiger partial charge in [-0.15, -0.1) is 0 Å². The maximum atomic E-state index is 13.8. The maximum Gasteiger partial charge on any atom is 0.227 e. The van der Waals surface area contributed by atoms with Gasteiger partial charge in [0.2, 0.25) is 5.91 Å². The van der Waals surface area contributed by atoms with Crippen LogP contribution in [-0.4, -0.2) is 30.8 Å². The monoisotopic (exact) mass is 291 g/mol. The number of benzene rings is 1. The fourth-order valence-electron chi connectivity index (χ4n) is 2.11. The molecule has 112 valence electrons. The van der Waals surface area contributed by atoms with E-state index in [1.54, 1.807) is 6.07 Å². The van der Waals surface area contributed by atoms with Crippen LogP contribution in [-0.2, 0) is 9.53 Å². The van der Waals surface area contributed by atoms with E-state index in [9.17, 15) is 9.18 Å². The van der Waals surface area contributed by atoms with Crippen molar-refractivity contribution < 1.29 is 19.0 Å². The molecule has 1 amide bonds. The SMILES string of the molecule is O=C(Nc1ccc(C#CCCO)c(F)c1)C1CCOCC1. The number of carbonyl (C=O) groups is 1. The largest absolute Gasteiger partial charge is 0.395 e. The van der Waals surface area contributed by atoms with Crippen LogP contribution in [0.3, 0.4) is 0 Å². The van der Waals surface area contributed by atoms with Crippen LogP contribution in [0.5, 0.6) is 0 Å². The summed E-state index contributed by atoms with van der Waals surface area (Å²) in [7, 11) is 0. The third-order valence-electron chi connectivity index (χ3n) is 3.29. The number of hydrogen-bond acceptors (Lipinski definition) is 3. The first-order chi connectivity index (χ1) is 10.2. The van der Waals surface area contributed by atoms with Gasteiger partial charge in [-0.05, 0) is 31.0 Å². The molecule has 0 unspecified atom stereocenters. The van der Waals surface area contributed by atoms with E-state index in [0.29, 0.717) is 38.2 Å². The summed E-state index contributed by atoms with van der Waals surface area (Å²) in [4.78, 5) is 12.0. The number of halogens is 1. The lowest BCUT2D eigenvalue weighted by molar-refractivity contribution is -0.122. The molecule has 0 aromatic heterocycles. The number of aliphatic hydroxyl groups is 1. The lowest BCUT2D eigenvalue weighted by Crippen LogP contribution is -2.28. The van der Waals surface area contributed by atoms with Gasteiger partial charge >= 0.3 is 0 Å². The zero-order valence-electron chi connectivity index (χ0n) is 11.7. The van der Waals surface area contributed by atoms with E-state index in [4.69, 9.17) is 9.84 Å². The van der Waals surface area contributed by atoms with Gasteiger partial charge in [-0.3, -0.25) is 4.79 Å². The van der Waals surface area contributed by atoms with E-state index in [2.05, 4.69) is 17.2 Å². The molecular weight excluding hydrogens is 273 g/mol. The molecule has 1 aliphatic rings. The number of anilines is 1. The van der Waals surface area contributed by atoms with Gasteiger partial charge in [0.05, 0.1) is 12.2 Å². The van der Waals surface area contributed by atoms with Gasteiger partial charge < -0.3 is 15.2 Å². The molecule has 1 fully saturated rings. The summed E-state index contributed by atoms with van der Waals surface area (Å²) in [5.41, 5.74) is 0.684. The number of carbonyl (C=O) groups excluding carboxylic acids is 1. The van der Waals surface area contributed by atoms with E-state index in [0.717, 1.165) is 0 Å². The topological polar surface area (TPSA) is 58.6 Å². The van der Waals surface area contributed by atoms with Gasteiger partial charge in [0.1, 0.15) is 5.82 Å². The minimum absolute atomic E-state index is 0.0478. The van der Waals surface area contributed by atoms with E-state index < -0.39 is 5.82 Å². The van der Waals surface area contributed by atoms with Gasteiger partial charge in [0, 0.05) is 31.2 Å². The molecule has 1 aromatic rings. The van der Waals surface area contributed by atoms with Gasteiger partial charge in [-0.2, -0.15) is 0 Å². The quantitative estimate of drug-likeness (QED) is 0.837. The van der Waals surface area contributed by atoms with Crippen molar-refractivity contribution in [1.29, 1.82) is 0 Å². The summed E-state index contributed by atoms with van der Waals surface area (Å²) in [6.07, 6.45) is 1.69. The highest BCUT2D eigenvalue weighted by atomic mass is 19.1. The fraction of sp³-hybridized carbons (Fsp3) is 0.438. The Balaban J connectivity index is 1.99. The molecule has 4 nitrogen and oxygen atoms in total. The molecule has 0 atom stereocenters. The number of ether oxygens (including phenoxy) is 1. The Labute approximate surface area is 123 Å². The number of hydrogen-bond donors (Lipinski definition) is 2. The van der Waals surface area contributed by atoms with Crippen molar-refractivity contribution in [2.45, 2.75) is 19.3 Å². The first-order valence-corrected chi connectivity index (χ1v) is 6.98. The molecule has 1 saturated heterocycles. The molecule has 2 rings (SSSR count). The average Bonchev–Trinajstić information content (AvgIpc) is 2.50. The second-order valence-electron chi connectivity index (χ2n) is 4.85. The predicted molar refractivity (Wildman–Crippen MR) is 77.2 cm³/mol. The number of rotatable bonds is 3. The van der Waals surface area contributed by atoms with Gasteiger partial charge in [-0.1, -0.05) is 11.8 Å². The Morgan fingerprint density at radius 3 is 2.86 bits per heavy atom. The Morgan fingerprint density at radius 1 is 1.43 bits per heavy atom. The molecule has 21 heavy (non-hydrogen) atoms. The Kier molecular flexibility index (Phi) is 5.73. The highest BCUT2D eigenvalue weighted by molar-refractivity contribution is 5.92. The van der Waals surface area contributed by atoms with Gasteiger partial charge in [0.15, 0.2) is 0 Å². The van der Waals surface area contributed by atoms with Crippen LogP contribution >= 0.6 is 0 Å². The molecule has 2 N–H and O–H groups in total. The zero-order valence-corrected chi connectivity index (χ0v) is 11.7. The van der Waals surface area contributed by atoms with Crippen molar-refractivity contribution in [3.63, 3.8) is 0 Å². The first kappa shape index (κ1) is 15.5. The average molecular weight is 291 g/mol. The van der Waals surface area contributed by atoms with Crippen molar-refractivity contribution in [3.8, 4) is 11.8 Å². The lowest BCUT2D eigenvalue weighted by atomic mass is 9.99. The summed E-state index contributed by atoms with van der Waals surface area (Å²) >= 11 is 0. The van der Waals surface area contributed by atoms with Crippen LogP contribution in [0, 0.1) is 23.6 Å². The third-order valence-corrected chi connectivity index (χ3v) is 3.29. The molecule has 0 saturated carbocycles. The predicted octanol–water partition coefficient (Wildman–Crippen LogP) is 1.92. The van der Waals surface area contributed by atoms with Crippen LogP contribution in [0.1, 0.15) is 24.8 Å². The van der Waals surface area contributed by atoms with E-state index in [1.165, 1.54) is 12.1 Å². The van der Waals surface area contributed by atoms with Crippen molar-refractivity contribution in [1.82, 2.24) is 0 Å². The van der Waals surface area contributed by atoms with Crippen LogP contribution in [0.15, 0.2) is 18.2 Å². The third kappa shape index (κ3) is 4.55. The molecule has 1 aromatic carbocycles. The summed E-state index contributed by atoms with van der Waals surface area (Å²) in [5.74, 6) is 4.65. The minimum atomic E-state index is -0.481. The highest BCUT2D eigenvalue weighted by Crippen LogP contribution is 2.19. The molecule has 1 heterocycles. The van der Waals surface area contributed by atoms with Crippen LogP contribution in [0.2, 0.25) is 0 Å². The van der Waals surface area contributed by atoms with Crippen molar-refractivity contribution in [3.05, 3.63) is 29.6 Å². The molecule has 0 bridgehead atoms. The highest BCUT2D eigenvalue weighted by Gasteiger charge is 2.21. The fourth-order valence-corrected chi connectivity index (χ4v) is 2.11. The number of amides is 1. The Morgan fingerprint density at radius 2 is 2.19 bits per heavy atom. The maximum absolute atomic E-state index is 13.8. The molecule has 0 aliphatic carbocycles. The zero-order chi connectivity index (χ0) is 15.1. The second-order valence-corrected chi connectivity index (χ2v) is 4.85. The molecule has 0 spiro atoms. The van der Waals surface area contributed by atoms with Crippen molar-refractivity contribution in [2.24, 2.45) is 5.92 Å².